The number of carbonyl (C=O) groups excluding carboxylic acids is 2. The van der Waals surface area contributed by atoms with Crippen molar-refractivity contribution in [2.45, 2.75) is 49.8 Å². The third kappa shape index (κ3) is 7.44. The van der Waals surface area contributed by atoms with Crippen molar-refractivity contribution in [3.05, 3.63) is 48.0 Å². The maximum Gasteiger partial charge on any atom is 0.331 e. The van der Waals surface area contributed by atoms with Gasteiger partial charge in [-0.2, -0.15) is 0 Å². The lowest BCUT2D eigenvalue weighted by molar-refractivity contribution is -0.139. The van der Waals surface area contributed by atoms with Crippen LogP contribution in [0.1, 0.15) is 37.7 Å². The SMILES string of the molecule is COC(=O)C=CC(=O)OCC(Cc1ccccc1)NS(=O)(=O)C1CCCCC1. The van der Waals surface area contributed by atoms with E-state index in [9.17, 15) is 18.0 Å². The number of nitrogens with one attached hydrogen (secondary N) is 1. The van der Waals surface area contributed by atoms with Crippen LogP contribution in [0, 0.1) is 0 Å². The monoisotopic (exact) mass is 409 g/mol. The van der Waals surface area contributed by atoms with Gasteiger partial charge in [-0.05, 0) is 24.8 Å². The Bertz CT molecular complexity index is 769. The molecule has 1 atom stereocenters. The van der Waals surface area contributed by atoms with Crippen molar-refractivity contribution < 1.29 is 27.5 Å². The first-order chi connectivity index (χ1) is 13.4. The predicted molar refractivity (Wildman–Crippen MR) is 105 cm³/mol. The summed E-state index contributed by atoms with van der Waals surface area (Å²) < 4.78 is 37.8. The van der Waals surface area contributed by atoms with Crippen molar-refractivity contribution in [3.63, 3.8) is 0 Å². The molecule has 0 bridgehead atoms. The minimum absolute atomic E-state index is 0.134. The quantitative estimate of drug-likeness (QED) is 0.495. The Hall–Kier alpha value is -2.19. The standard InChI is InChI=1S/C20H27NO6S/c1-26-19(22)12-13-20(23)27-15-17(14-16-8-4-2-5-9-16)21-28(24,25)18-10-6-3-7-11-18/h2,4-5,8-9,12-13,17-18,21H,3,6-7,10-11,14-15H2,1H3. The van der Waals surface area contributed by atoms with E-state index in [2.05, 4.69) is 9.46 Å². The first kappa shape index (κ1) is 22.1. The number of methoxy groups -OCH3 is 1. The minimum atomic E-state index is -3.51. The normalized spacial score (nSPS) is 16.6. The minimum Gasteiger partial charge on any atom is -0.466 e. The molecular weight excluding hydrogens is 382 g/mol. The summed E-state index contributed by atoms with van der Waals surface area (Å²) in [5, 5.41) is -0.408. The topological polar surface area (TPSA) is 98.8 Å². The largest absolute Gasteiger partial charge is 0.466 e. The van der Waals surface area contributed by atoms with E-state index in [1.54, 1.807) is 0 Å². The molecule has 0 aromatic heterocycles. The number of hydrogen-bond donors (Lipinski definition) is 1. The van der Waals surface area contributed by atoms with E-state index >= 15 is 0 Å². The highest BCUT2D eigenvalue weighted by atomic mass is 32.2. The van der Waals surface area contributed by atoms with Crippen molar-refractivity contribution in [3.8, 4) is 0 Å². The molecule has 0 amide bonds. The van der Waals surface area contributed by atoms with Gasteiger partial charge >= 0.3 is 11.9 Å². The van der Waals surface area contributed by atoms with E-state index in [0.717, 1.165) is 37.0 Å². The second kappa shape index (κ2) is 11.0. The van der Waals surface area contributed by atoms with E-state index in [1.165, 1.54) is 7.11 Å². The summed E-state index contributed by atoms with van der Waals surface area (Å²) >= 11 is 0. The molecule has 2 rings (SSSR count). The van der Waals surface area contributed by atoms with Gasteiger partial charge in [0.1, 0.15) is 6.61 Å². The highest BCUT2D eigenvalue weighted by Crippen LogP contribution is 2.23. The zero-order valence-electron chi connectivity index (χ0n) is 16.0. The van der Waals surface area contributed by atoms with Crippen LogP contribution in [0.5, 0.6) is 0 Å². The van der Waals surface area contributed by atoms with Crippen molar-refractivity contribution in [2.75, 3.05) is 13.7 Å². The fourth-order valence-corrected chi connectivity index (χ4v) is 4.93. The molecule has 0 radical (unpaired) electrons. The summed E-state index contributed by atoms with van der Waals surface area (Å²) in [6, 6.07) is 8.80. The molecule has 1 N–H and O–H groups in total. The van der Waals surface area contributed by atoms with Gasteiger partial charge in [-0.3, -0.25) is 0 Å². The third-order valence-corrected chi connectivity index (χ3v) is 6.64. The van der Waals surface area contributed by atoms with Gasteiger partial charge in [0.05, 0.1) is 18.4 Å². The van der Waals surface area contributed by atoms with Crippen LogP contribution in [0.4, 0.5) is 0 Å². The highest BCUT2D eigenvalue weighted by molar-refractivity contribution is 7.90. The van der Waals surface area contributed by atoms with Crippen LogP contribution in [-0.4, -0.2) is 45.4 Å². The van der Waals surface area contributed by atoms with Gasteiger partial charge in [-0.1, -0.05) is 49.6 Å². The van der Waals surface area contributed by atoms with Crippen molar-refractivity contribution >= 4 is 22.0 Å². The number of benzene rings is 1. The predicted octanol–water partition coefficient (Wildman–Crippen LogP) is 2.12. The third-order valence-electron chi connectivity index (χ3n) is 4.63. The number of rotatable bonds is 9. The molecule has 0 aliphatic heterocycles. The zero-order chi connectivity index (χ0) is 20.4. The molecule has 0 heterocycles. The van der Waals surface area contributed by atoms with E-state index < -0.39 is 33.3 Å². The number of hydrogen-bond acceptors (Lipinski definition) is 6. The Morgan fingerprint density at radius 2 is 1.75 bits per heavy atom. The lowest BCUT2D eigenvalue weighted by atomic mass is 10.0. The fraction of sp³-hybridized carbons (Fsp3) is 0.500. The maximum atomic E-state index is 12.8. The van der Waals surface area contributed by atoms with Crippen LogP contribution in [0.3, 0.4) is 0 Å². The summed E-state index contributed by atoms with van der Waals surface area (Å²) in [6.45, 7) is -0.134. The Morgan fingerprint density at radius 1 is 1.11 bits per heavy atom. The van der Waals surface area contributed by atoms with Crippen molar-refractivity contribution in [1.29, 1.82) is 0 Å². The van der Waals surface area contributed by atoms with Gasteiger partial charge < -0.3 is 9.47 Å². The molecule has 1 aromatic rings. The van der Waals surface area contributed by atoms with Gasteiger partial charge in [0, 0.05) is 12.2 Å². The van der Waals surface area contributed by atoms with Crippen LogP contribution in [0.2, 0.25) is 0 Å². The molecule has 1 saturated carbocycles. The second-order valence-electron chi connectivity index (χ2n) is 6.80. The molecule has 28 heavy (non-hydrogen) atoms. The van der Waals surface area contributed by atoms with Crippen molar-refractivity contribution in [1.82, 2.24) is 4.72 Å². The number of sulfonamides is 1. The zero-order valence-corrected chi connectivity index (χ0v) is 16.8. The average molecular weight is 410 g/mol. The van der Waals surface area contributed by atoms with Crippen LogP contribution < -0.4 is 4.72 Å². The average Bonchev–Trinajstić information content (AvgIpc) is 2.71. The molecule has 1 aliphatic rings. The smallest absolute Gasteiger partial charge is 0.331 e. The van der Waals surface area contributed by atoms with Gasteiger partial charge in [-0.25, -0.2) is 22.7 Å². The van der Waals surface area contributed by atoms with Crippen LogP contribution in [-0.2, 0) is 35.5 Å². The van der Waals surface area contributed by atoms with Gasteiger partial charge in [0.2, 0.25) is 10.0 Å². The molecule has 154 valence electrons. The first-order valence-corrected chi connectivity index (χ1v) is 10.9. The lowest BCUT2D eigenvalue weighted by Crippen LogP contribution is -2.45. The molecule has 0 saturated heterocycles. The Kier molecular flexibility index (Phi) is 8.66. The molecule has 0 spiro atoms. The number of ether oxygens (including phenoxy) is 2. The van der Waals surface area contributed by atoms with E-state index in [1.807, 2.05) is 30.3 Å². The van der Waals surface area contributed by atoms with E-state index in [-0.39, 0.29) is 6.61 Å². The Balaban J connectivity index is 2.03. The number of esters is 2. The molecule has 1 aliphatic carbocycles. The van der Waals surface area contributed by atoms with Crippen LogP contribution >= 0.6 is 0 Å². The molecular formula is C20H27NO6S. The van der Waals surface area contributed by atoms with Crippen LogP contribution in [0.25, 0.3) is 0 Å². The summed E-state index contributed by atoms with van der Waals surface area (Å²) in [6.07, 6.45) is 6.47. The maximum absolute atomic E-state index is 12.8. The molecule has 1 fully saturated rings. The second-order valence-corrected chi connectivity index (χ2v) is 8.79. The lowest BCUT2D eigenvalue weighted by Gasteiger charge is -2.25. The summed E-state index contributed by atoms with van der Waals surface area (Å²) in [4.78, 5) is 22.8. The highest BCUT2D eigenvalue weighted by Gasteiger charge is 2.29. The summed E-state index contributed by atoms with van der Waals surface area (Å²) in [7, 11) is -2.31. The van der Waals surface area contributed by atoms with Gasteiger partial charge in [0.25, 0.3) is 0 Å². The van der Waals surface area contributed by atoms with Crippen LogP contribution in [0.15, 0.2) is 42.5 Å². The summed E-state index contributed by atoms with van der Waals surface area (Å²) in [5.74, 6) is -1.41. The van der Waals surface area contributed by atoms with Gasteiger partial charge in [0.15, 0.2) is 0 Å². The molecule has 8 heteroatoms. The number of carbonyl (C=O) groups is 2. The summed E-state index contributed by atoms with van der Waals surface area (Å²) in [5.41, 5.74) is 0.931. The van der Waals surface area contributed by atoms with Crippen molar-refractivity contribution in [2.24, 2.45) is 0 Å². The van der Waals surface area contributed by atoms with E-state index in [0.29, 0.717) is 19.3 Å². The van der Waals surface area contributed by atoms with E-state index in [4.69, 9.17) is 4.74 Å². The molecule has 7 nitrogen and oxygen atoms in total. The van der Waals surface area contributed by atoms with Gasteiger partial charge in [-0.15, -0.1) is 0 Å². The molecule has 1 unspecified atom stereocenters. The molecule has 1 aromatic carbocycles. The fourth-order valence-electron chi connectivity index (χ4n) is 3.17. The first-order valence-electron chi connectivity index (χ1n) is 9.38. The Morgan fingerprint density at radius 3 is 2.39 bits per heavy atom. The Labute approximate surface area is 166 Å².